The van der Waals surface area contributed by atoms with Gasteiger partial charge in [0, 0.05) is 6.42 Å². The van der Waals surface area contributed by atoms with Crippen LogP contribution < -0.4 is 0 Å². The van der Waals surface area contributed by atoms with Crippen LogP contribution in [0.3, 0.4) is 0 Å². The standard InChI is InChI=1S/C20H36N.C7H8O3S/c1-4-7-8-9-13-18-21(5-2,6-3)19-14-17-20-15-11-10-12-16-20;1-6-2-4-7(5-3-6)11(8,9)10/h10-12,15-16H,4-9,13-14,17-19H2,1-3H3;2-5H,1H3,(H,8,9,10)/q+1;/p-1. The van der Waals surface area contributed by atoms with E-state index in [1.165, 1.54) is 93.3 Å². The Hall–Kier alpha value is -1.69. The van der Waals surface area contributed by atoms with Gasteiger partial charge in [-0.3, -0.25) is 0 Å². The van der Waals surface area contributed by atoms with Crippen LogP contribution in [0, 0.1) is 6.92 Å². The first-order valence-corrected chi connectivity index (χ1v) is 13.6. The second kappa shape index (κ2) is 15.2. The van der Waals surface area contributed by atoms with Gasteiger partial charge >= 0.3 is 0 Å². The van der Waals surface area contributed by atoms with Gasteiger partial charge in [0.05, 0.1) is 31.1 Å². The molecule has 0 heterocycles. The number of aryl methyl sites for hydroxylation is 2. The average molecular weight is 462 g/mol. The smallest absolute Gasteiger partial charge is 0.124 e. The van der Waals surface area contributed by atoms with Crippen LogP contribution in [0.4, 0.5) is 0 Å². The molecule has 0 aliphatic heterocycles. The summed E-state index contributed by atoms with van der Waals surface area (Å²) in [6.45, 7) is 14.2. The Labute approximate surface area is 197 Å². The molecule has 0 fully saturated rings. The molecule has 0 atom stereocenters. The Morgan fingerprint density at radius 1 is 0.750 bits per heavy atom. The van der Waals surface area contributed by atoms with E-state index in [0.717, 1.165) is 5.56 Å². The highest BCUT2D eigenvalue weighted by Crippen LogP contribution is 2.14. The van der Waals surface area contributed by atoms with Gasteiger partial charge in [-0.2, -0.15) is 0 Å². The highest BCUT2D eigenvalue weighted by Gasteiger charge is 2.21. The SMILES string of the molecule is CCCCCCC[N+](CC)(CC)CCCc1ccccc1.Cc1ccc(S(=O)(=O)[O-])cc1. The van der Waals surface area contributed by atoms with Crippen molar-refractivity contribution in [1.29, 1.82) is 0 Å². The van der Waals surface area contributed by atoms with Gasteiger partial charge in [0.1, 0.15) is 10.1 Å². The van der Waals surface area contributed by atoms with Crippen molar-refractivity contribution in [2.45, 2.75) is 77.5 Å². The van der Waals surface area contributed by atoms with Crippen LogP contribution in [-0.4, -0.2) is 43.6 Å². The number of hydrogen-bond donors (Lipinski definition) is 0. The minimum Gasteiger partial charge on any atom is -0.744 e. The van der Waals surface area contributed by atoms with E-state index in [2.05, 4.69) is 51.1 Å². The second-order valence-corrected chi connectivity index (χ2v) is 10.1. The van der Waals surface area contributed by atoms with E-state index in [4.69, 9.17) is 0 Å². The van der Waals surface area contributed by atoms with Crippen LogP contribution in [-0.2, 0) is 16.5 Å². The molecule has 0 aliphatic carbocycles. The number of unbranched alkanes of at least 4 members (excludes halogenated alkanes) is 4. The molecule has 32 heavy (non-hydrogen) atoms. The molecule has 0 aromatic heterocycles. The zero-order chi connectivity index (χ0) is 23.9. The summed E-state index contributed by atoms with van der Waals surface area (Å²) in [6, 6.07) is 16.7. The van der Waals surface area contributed by atoms with Crippen molar-refractivity contribution in [2.75, 3.05) is 26.2 Å². The number of hydrogen-bond acceptors (Lipinski definition) is 3. The van der Waals surface area contributed by atoms with E-state index in [1.54, 1.807) is 12.1 Å². The Bertz CT molecular complexity index is 829. The number of quaternary nitrogens is 1. The van der Waals surface area contributed by atoms with Gasteiger partial charge in [-0.25, -0.2) is 8.42 Å². The summed E-state index contributed by atoms with van der Waals surface area (Å²) in [5.74, 6) is 0. The molecule has 2 aromatic rings. The quantitative estimate of drug-likeness (QED) is 0.198. The van der Waals surface area contributed by atoms with Crippen molar-refractivity contribution < 1.29 is 17.5 Å². The molecule has 0 aliphatic rings. The molecule has 0 bridgehead atoms. The summed E-state index contributed by atoms with van der Waals surface area (Å²) in [6.07, 6.45) is 9.57. The molecule has 0 amide bonds. The summed E-state index contributed by atoms with van der Waals surface area (Å²) in [5, 5.41) is 0. The van der Waals surface area contributed by atoms with Crippen molar-refractivity contribution in [3.05, 3.63) is 65.7 Å². The normalized spacial score (nSPS) is 11.7. The van der Waals surface area contributed by atoms with Crippen molar-refractivity contribution >= 4 is 10.1 Å². The molecule has 0 saturated carbocycles. The summed E-state index contributed by atoms with van der Waals surface area (Å²) in [5.41, 5.74) is 2.42. The molecule has 180 valence electrons. The first kappa shape index (κ1) is 28.3. The molecule has 2 rings (SSSR count). The van der Waals surface area contributed by atoms with Crippen LogP contribution >= 0.6 is 0 Å². The predicted molar refractivity (Wildman–Crippen MR) is 134 cm³/mol. The van der Waals surface area contributed by atoms with Crippen molar-refractivity contribution in [3.8, 4) is 0 Å². The third-order valence-electron chi connectivity index (χ3n) is 6.33. The van der Waals surface area contributed by atoms with Crippen molar-refractivity contribution in [1.82, 2.24) is 0 Å². The minimum atomic E-state index is -4.27. The van der Waals surface area contributed by atoms with Gasteiger partial charge in [0.15, 0.2) is 0 Å². The zero-order valence-electron chi connectivity index (χ0n) is 20.6. The number of nitrogens with zero attached hydrogens (tertiary/aromatic N) is 1. The lowest BCUT2D eigenvalue weighted by molar-refractivity contribution is -0.925. The minimum absolute atomic E-state index is 0.178. The number of rotatable bonds is 13. The summed E-state index contributed by atoms with van der Waals surface area (Å²) < 4.78 is 32.5. The summed E-state index contributed by atoms with van der Waals surface area (Å²) >= 11 is 0. The third kappa shape index (κ3) is 11.3. The van der Waals surface area contributed by atoms with Gasteiger partial charge in [-0.1, -0.05) is 74.2 Å². The highest BCUT2D eigenvalue weighted by atomic mass is 32.2. The van der Waals surface area contributed by atoms with Gasteiger partial charge in [0.2, 0.25) is 0 Å². The lowest BCUT2D eigenvalue weighted by Crippen LogP contribution is -2.49. The Morgan fingerprint density at radius 2 is 1.31 bits per heavy atom. The lowest BCUT2D eigenvalue weighted by Gasteiger charge is -2.37. The third-order valence-corrected chi connectivity index (χ3v) is 7.18. The number of benzene rings is 2. The fourth-order valence-corrected chi connectivity index (χ4v) is 4.46. The van der Waals surface area contributed by atoms with Crippen molar-refractivity contribution in [2.24, 2.45) is 0 Å². The lowest BCUT2D eigenvalue weighted by atomic mass is 10.1. The van der Waals surface area contributed by atoms with Gasteiger partial charge in [-0.15, -0.1) is 0 Å². The van der Waals surface area contributed by atoms with E-state index >= 15 is 0 Å². The maximum Gasteiger partial charge on any atom is 0.124 e. The predicted octanol–water partition coefficient (Wildman–Crippen LogP) is 6.35. The molecular weight excluding hydrogens is 418 g/mol. The topological polar surface area (TPSA) is 57.2 Å². The molecule has 5 heteroatoms. The molecule has 0 unspecified atom stereocenters. The van der Waals surface area contributed by atoms with Crippen LogP contribution in [0.2, 0.25) is 0 Å². The molecule has 0 radical (unpaired) electrons. The molecule has 0 N–H and O–H groups in total. The second-order valence-electron chi connectivity index (χ2n) is 8.69. The van der Waals surface area contributed by atoms with Gasteiger partial charge in [-0.05, 0) is 57.7 Å². The maximum atomic E-state index is 10.4. The first-order chi connectivity index (χ1) is 15.3. The zero-order valence-corrected chi connectivity index (χ0v) is 21.4. The summed E-state index contributed by atoms with van der Waals surface area (Å²) in [4.78, 5) is -0.178. The Kier molecular flexibility index (Phi) is 13.5. The van der Waals surface area contributed by atoms with E-state index in [0.29, 0.717) is 0 Å². The molecule has 2 aromatic carbocycles. The van der Waals surface area contributed by atoms with Crippen molar-refractivity contribution in [3.63, 3.8) is 0 Å². The molecule has 0 saturated heterocycles. The van der Waals surface area contributed by atoms with E-state index in [-0.39, 0.29) is 4.90 Å². The largest absolute Gasteiger partial charge is 0.744 e. The Balaban J connectivity index is 0.000000389. The maximum absolute atomic E-state index is 10.4. The fourth-order valence-electron chi connectivity index (χ4n) is 3.99. The van der Waals surface area contributed by atoms with Gasteiger partial charge in [0.25, 0.3) is 0 Å². The Morgan fingerprint density at radius 3 is 1.84 bits per heavy atom. The van der Waals surface area contributed by atoms with E-state index in [9.17, 15) is 13.0 Å². The first-order valence-electron chi connectivity index (χ1n) is 12.2. The molecule has 0 spiro atoms. The van der Waals surface area contributed by atoms with E-state index in [1.807, 2.05) is 6.92 Å². The average Bonchev–Trinajstić information content (AvgIpc) is 2.79. The monoisotopic (exact) mass is 461 g/mol. The van der Waals surface area contributed by atoms with Crippen LogP contribution in [0.15, 0.2) is 59.5 Å². The van der Waals surface area contributed by atoms with E-state index < -0.39 is 10.1 Å². The molecule has 4 nitrogen and oxygen atoms in total. The molecular formula is C27H43NO3S. The van der Waals surface area contributed by atoms with Crippen LogP contribution in [0.1, 0.15) is 70.4 Å². The van der Waals surface area contributed by atoms with Crippen LogP contribution in [0.25, 0.3) is 0 Å². The van der Waals surface area contributed by atoms with Gasteiger partial charge < -0.3 is 9.04 Å². The summed E-state index contributed by atoms with van der Waals surface area (Å²) in [7, 11) is -4.27. The highest BCUT2D eigenvalue weighted by molar-refractivity contribution is 7.85. The fraction of sp³-hybridized carbons (Fsp3) is 0.556. The van der Waals surface area contributed by atoms with Crippen LogP contribution in [0.5, 0.6) is 0 Å².